The van der Waals surface area contributed by atoms with Crippen LogP contribution in [0.2, 0.25) is 0 Å². The van der Waals surface area contributed by atoms with E-state index in [-0.39, 0.29) is 16.6 Å². The molecule has 1 amide bonds. The number of halogens is 4. The molecule has 0 unspecified atom stereocenters. The lowest BCUT2D eigenvalue weighted by Crippen LogP contribution is -2.11. The number of H-pyrrole nitrogens is 1. The molecule has 4 rings (SSSR count). The minimum atomic E-state index is -4.46. The number of benzene rings is 2. The van der Waals surface area contributed by atoms with Crippen molar-refractivity contribution >= 4 is 26.6 Å². The Bertz CT molecular complexity index is 1570. The number of aromatic nitrogens is 3. The first kappa shape index (κ1) is 23.2. The molecule has 0 bridgehead atoms. The maximum absolute atomic E-state index is 15.3. The van der Waals surface area contributed by atoms with Crippen LogP contribution in [0.4, 0.5) is 17.6 Å². The van der Waals surface area contributed by atoms with Gasteiger partial charge in [-0.1, -0.05) is 6.07 Å². The van der Waals surface area contributed by atoms with Crippen molar-refractivity contribution in [3.63, 3.8) is 0 Å². The van der Waals surface area contributed by atoms with E-state index in [2.05, 4.69) is 15.2 Å². The molecule has 0 aliphatic heterocycles. The summed E-state index contributed by atoms with van der Waals surface area (Å²) in [4.78, 5) is 14.3. The van der Waals surface area contributed by atoms with E-state index in [4.69, 9.17) is 10.5 Å². The van der Waals surface area contributed by atoms with E-state index in [1.54, 1.807) is 0 Å². The first-order valence-corrected chi connectivity index (χ1v) is 11.1. The third kappa shape index (κ3) is 3.94. The van der Waals surface area contributed by atoms with Gasteiger partial charge in [-0.05, 0) is 24.3 Å². The van der Waals surface area contributed by atoms with Gasteiger partial charge in [0.25, 0.3) is 5.91 Å². The van der Waals surface area contributed by atoms with Gasteiger partial charge >= 0.3 is 0 Å². The molecule has 0 saturated carbocycles. The number of pyridine rings is 1. The summed E-state index contributed by atoms with van der Waals surface area (Å²) in [6.45, 7) is 0. The van der Waals surface area contributed by atoms with Gasteiger partial charge < -0.3 is 10.5 Å². The number of sulfone groups is 1. The highest BCUT2D eigenvalue weighted by molar-refractivity contribution is 7.90. The molecule has 0 aliphatic rings. The molecule has 13 heteroatoms. The SMILES string of the molecule is COc1ncc(F)cc1S(=O)(=O)Cc1cc(F)cc(-c2ccc3c(C(N)=O)[nH]nc3c2F)c1F. The van der Waals surface area contributed by atoms with Gasteiger partial charge in [0.05, 0.1) is 19.1 Å². The number of carbonyl (C=O) groups is 1. The van der Waals surface area contributed by atoms with Crippen LogP contribution in [0.1, 0.15) is 16.1 Å². The number of nitrogens with one attached hydrogen (secondary N) is 1. The van der Waals surface area contributed by atoms with Gasteiger partial charge in [-0.2, -0.15) is 5.10 Å². The van der Waals surface area contributed by atoms with Crippen LogP contribution in [0.3, 0.4) is 0 Å². The molecule has 0 saturated heterocycles. The largest absolute Gasteiger partial charge is 0.480 e. The molecule has 0 fully saturated rings. The zero-order chi connectivity index (χ0) is 24.8. The number of aromatic amines is 1. The van der Waals surface area contributed by atoms with E-state index >= 15 is 8.78 Å². The Morgan fingerprint density at radius 2 is 1.79 bits per heavy atom. The molecule has 176 valence electrons. The summed E-state index contributed by atoms with van der Waals surface area (Å²) in [7, 11) is -3.36. The van der Waals surface area contributed by atoms with E-state index in [1.165, 1.54) is 6.07 Å². The Morgan fingerprint density at radius 3 is 2.47 bits per heavy atom. The molecule has 0 aliphatic carbocycles. The lowest BCUT2D eigenvalue weighted by Gasteiger charge is -2.12. The summed E-state index contributed by atoms with van der Waals surface area (Å²) in [6.07, 6.45) is 0.732. The molecule has 3 N–H and O–H groups in total. The van der Waals surface area contributed by atoms with Gasteiger partial charge in [0, 0.05) is 22.1 Å². The van der Waals surface area contributed by atoms with E-state index in [0.29, 0.717) is 18.2 Å². The molecule has 0 spiro atoms. The minimum absolute atomic E-state index is 0.0269. The number of hydrogen-bond donors (Lipinski definition) is 2. The van der Waals surface area contributed by atoms with Crippen molar-refractivity contribution in [3.8, 4) is 17.0 Å². The van der Waals surface area contributed by atoms with Crippen LogP contribution in [-0.4, -0.2) is 36.6 Å². The van der Waals surface area contributed by atoms with E-state index in [0.717, 1.165) is 19.4 Å². The Hall–Kier alpha value is -4.00. The summed E-state index contributed by atoms with van der Waals surface area (Å²) >= 11 is 0. The zero-order valence-corrected chi connectivity index (χ0v) is 18.0. The van der Waals surface area contributed by atoms with Crippen LogP contribution in [0.25, 0.3) is 22.0 Å². The van der Waals surface area contributed by atoms with Crippen molar-refractivity contribution in [2.45, 2.75) is 10.6 Å². The average molecular weight is 494 g/mol. The first-order valence-electron chi connectivity index (χ1n) is 9.40. The smallest absolute Gasteiger partial charge is 0.267 e. The molecule has 0 atom stereocenters. The molecule has 4 aromatic rings. The number of carbonyl (C=O) groups excluding carboxylic acids is 1. The summed E-state index contributed by atoms with van der Waals surface area (Å²) in [5.74, 6) is -6.77. The third-order valence-electron chi connectivity index (χ3n) is 4.97. The predicted octanol–water partition coefficient (Wildman–Crippen LogP) is 3.26. The second-order valence-corrected chi connectivity index (χ2v) is 9.09. The summed E-state index contributed by atoms with van der Waals surface area (Å²) < 4.78 is 89.0. The van der Waals surface area contributed by atoms with Gasteiger partial charge in [0.1, 0.15) is 33.6 Å². The molecule has 34 heavy (non-hydrogen) atoms. The standard InChI is InChI=1S/C21H14F4N4O4S/c1-33-21-15(6-11(23)7-27-21)34(31,32)8-9-4-10(22)5-14(16(9)24)12-2-3-13-18(17(12)25)28-29-19(13)20(26)30/h2-7H,8H2,1H3,(H2,26,30)(H,28,29). The first-order chi connectivity index (χ1) is 16.0. The van der Waals surface area contributed by atoms with Crippen molar-refractivity contribution in [2.24, 2.45) is 5.73 Å². The van der Waals surface area contributed by atoms with Crippen molar-refractivity contribution < 1.29 is 35.5 Å². The van der Waals surface area contributed by atoms with Gasteiger partial charge in [-0.25, -0.2) is 31.0 Å². The van der Waals surface area contributed by atoms with Crippen molar-refractivity contribution in [1.29, 1.82) is 0 Å². The number of ether oxygens (including phenoxy) is 1. The van der Waals surface area contributed by atoms with Crippen LogP contribution >= 0.6 is 0 Å². The molecule has 8 nitrogen and oxygen atoms in total. The van der Waals surface area contributed by atoms with Crippen molar-refractivity contribution in [3.05, 3.63) is 71.1 Å². The Kier molecular flexibility index (Phi) is 5.73. The number of nitrogens with two attached hydrogens (primary N) is 1. The van der Waals surface area contributed by atoms with Crippen LogP contribution in [0.5, 0.6) is 5.88 Å². The third-order valence-corrected chi connectivity index (χ3v) is 6.63. The number of rotatable bonds is 6. The summed E-state index contributed by atoms with van der Waals surface area (Å²) in [6, 6.07) is 4.27. The molecule has 2 aromatic carbocycles. The van der Waals surface area contributed by atoms with Crippen LogP contribution in [0.15, 0.2) is 41.4 Å². The fraction of sp³-hybridized carbons (Fsp3) is 0.0952. The Labute approximate surface area is 189 Å². The van der Waals surface area contributed by atoms with Gasteiger partial charge in [0.2, 0.25) is 5.88 Å². The van der Waals surface area contributed by atoms with Crippen LogP contribution in [0, 0.1) is 23.3 Å². The number of hydrogen-bond acceptors (Lipinski definition) is 6. The number of nitrogens with zero attached hydrogens (tertiary/aromatic N) is 2. The number of methoxy groups -OCH3 is 1. The minimum Gasteiger partial charge on any atom is -0.480 e. The Balaban J connectivity index is 1.83. The van der Waals surface area contributed by atoms with Gasteiger partial charge in [0.15, 0.2) is 15.7 Å². The topological polar surface area (TPSA) is 128 Å². The monoisotopic (exact) mass is 494 g/mol. The molecule has 2 heterocycles. The second-order valence-electron chi connectivity index (χ2n) is 7.13. The molecule has 0 radical (unpaired) electrons. The maximum atomic E-state index is 15.3. The summed E-state index contributed by atoms with van der Waals surface area (Å²) in [5.41, 5.74) is 3.01. The van der Waals surface area contributed by atoms with Crippen LogP contribution in [-0.2, 0) is 15.6 Å². The van der Waals surface area contributed by atoms with Crippen molar-refractivity contribution in [2.75, 3.05) is 7.11 Å². The van der Waals surface area contributed by atoms with Crippen molar-refractivity contribution in [1.82, 2.24) is 15.2 Å². The fourth-order valence-corrected chi connectivity index (χ4v) is 4.93. The molecule has 2 aromatic heterocycles. The van der Waals surface area contributed by atoms with Gasteiger partial charge in [-0.3, -0.25) is 9.89 Å². The maximum Gasteiger partial charge on any atom is 0.267 e. The summed E-state index contributed by atoms with van der Waals surface area (Å²) in [5, 5.41) is 5.96. The highest BCUT2D eigenvalue weighted by Crippen LogP contribution is 2.34. The molecular formula is C21H14F4N4O4S. The number of fused-ring (bicyclic) bond motifs is 1. The van der Waals surface area contributed by atoms with E-state index < -0.39 is 72.2 Å². The van der Waals surface area contributed by atoms with Crippen LogP contribution < -0.4 is 10.5 Å². The molecular weight excluding hydrogens is 480 g/mol. The van der Waals surface area contributed by atoms with E-state index in [9.17, 15) is 22.0 Å². The van der Waals surface area contributed by atoms with E-state index in [1.807, 2.05) is 0 Å². The second kappa shape index (κ2) is 8.41. The zero-order valence-electron chi connectivity index (χ0n) is 17.2. The van der Waals surface area contributed by atoms with Gasteiger partial charge in [-0.15, -0.1) is 0 Å². The number of amides is 1. The highest BCUT2D eigenvalue weighted by Gasteiger charge is 2.27. The lowest BCUT2D eigenvalue weighted by atomic mass is 10.00. The average Bonchev–Trinajstić information content (AvgIpc) is 3.22. The fourth-order valence-electron chi connectivity index (χ4n) is 3.46. The number of primary amides is 1. The quantitative estimate of drug-likeness (QED) is 0.396. The highest BCUT2D eigenvalue weighted by atomic mass is 32.2. The Morgan fingerprint density at radius 1 is 1.06 bits per heavy atom. The normalized spacial score (nSPS) is 11.7. The lowest BCUT2D eigenvalue weighted by molar-refractivity contribution is 0.0997. The predicted molar refractivity (Wildman–Crippen MR) is 112 cm³/mol.